The Morgan fingerprint density at radius 1 is 1.23 bits per heavy atom. The van der Waals surface area contributed by atoms with E-state index in [1.807, 2.05) is 19.0 Å². The van der Waals surface area contributed by atoms with Crippen LogP contribution < -0.4 is 10.1 Å². The molecule has 2 amide bonds. The number of likely N-dealkylation sites (tertiary alicyclic amines) is 1. The second-order valence-electron chi connectivity index (χ2n) is 9.28. The van der Waals surface area contributed by atoms with Crippen LogP contribution in [0.15, 0.2) is 18.2 Å². The third kappa shape index (κ3) is 8.51. The van der Waals surface area contributed by atoms with Gasteiger partial charge in [-0.05, 0) is 50.9 Å². The van der Waals surface area contributed by atoms with Crippen LogP contribution in [0.3, 0.4) is 0 Å². The van der Waals surface area contributed by atoms with Gasteiger partial charge in [-0.1, -0.05) is 43.1 Å². The highest BCUT2D eigenvalue weighted by Crippen LogP contribution is 2.31. The summed E-state index contributed by atoms with van der Waals surface area (Å²) in [6.45, 7) is 7.51. The molecule has 0 unspecified atom stereocenters. The maximum atomic E-state index is 12.5. The van der Waals surface area contributed by atoms with E-state index in [0.29, 0.717) is 67.7 Å². The van der Waals surface area contributed by atoms with Crippen molar-refractivity contribution in [2.24, 2.45) is 11.3 Å². The van der Waals surface area contributed by atoms with Gasteiger partial charge in [-0.15, -0.1) is 0 Å². The highest BCUT2D eigenvalue weighted by molar-refractivity contribution is 6.42. The molecule has 174 valence electrons. The molecule has 0 aromatic heterocycles. The van der Waals surface area contributed by atoms with Gasteiger partial charge >= 0.3 is 0 Å². The first-order valence-electron chi connectivity index (χ1n) is 10.9. The number of piperidine rings is 1. The monoisotopic (exact) mass is 471 g/mol. The van der Waals surface area contributed by atoms with Crippen molar-refractivity contribution in [3.05, 3.63) is 28.2 Å². The van der Waals surface area contributed by atoms with Crippen LogP contribution in [0, 0.1) is 11.3 Å². The summed E-state index contributed by atoms with van der Waals surface area (Å²) in [5.41, 5.74) is 0.0210. The lowest BCUT2D eigenvalue weighted by Gasteiger charge is -2.33. The number of nitrogens with one attached hydrogen (secondary N) is 1. The van der Waals surface area contributed by atoms with Crippen molar-refractivity contribution >= 4 is 35.0 Å². The van der Waals surface area contributed by atoms with E-state index in [-0.39, 0.29) is 23.1 Å². The van der Waals surface area contributed by atoms with Crippen molar-refractivity contribution in [1.82, 2.24) is 15.1 Å². The molecule has 0 bridgehead atoms. The van der Waals surface area contributed by atoms with E-state index < -0.39 is 0 Å². The van der Waals surface area contributed by atoms with E-state index in [0.717, 1.165) is 6.54 Å². The predicted octanol–water partition coefficient (Wildman–Crippen LogP) is 4.10. The molecule has 1 heterocycles. The van der Waals surface area contributed by atoms with Gasteiger partial charge in [0.15, 0.2) is 0 Å². The van der Waals surface area contributed by atoms with Crippen LogP contribution in [0.2, 0.25) is 10.0 Å². The van der Waals surface area contributed by atoms with Crippen molar-refractivity contribution in [3.8, 4) is 5.75 Å². The van der Waals surface area contributed by atoms with Crippen LogP contribution in [0.25, 0.3) is 0 Å². The van der Waals surface area contributed by atoms with Gasteiger partial charge in [-0.25, -0.2) is 0 Å². The number of carbonyl (C=O) groups excluding carboxylic acids is 2. The number of hydrogen-bond acceptors (Lipinski definition) is 4. The Hall–Kier alpha value is -1.50. The SMILES string of the molecule is CN(C)CC(C)(C)CNC(=O)C1CCN(C(=O)CCCOc2cccc(Cl)c2Cl)CC1. The molecule has 1 aliphatic heterocycles. The fraction of sp³-hybridized carbons (Fsp3) is 0.652. The maximum Gasteiger partial charge on any atom is 0.223 e. The van der Waals surface area contributed by atoms with Crippen molar-refractivity contribution < 1.29 is 14.3 Å². The summed E-state index contributed by atoms with van der Waals surface area (Å²) in [4.78, 5) is 29.0. The lowest BCUT2D eigenvalue weighted by Crippen LogP contribution is -2.46. The minimum absolute atomic E-state index is 0.0208. The summed E-state index contributed by atoms with van der Waals surface area (Å²) >= 11 is 12.1. The molecule has 6 nitrogen and oxygen atoms in total. The molecular formula is C23H35Cl2N3O3. The number of rotatable bonds is 10. The van der Waals surface area contributed by atoms with Crippen molar-refractivity contribution in [1.29, 1.82) is 0 Å². The quantitative estimate of drug-likeness (QED) is 0.521. The summed E-state index contributed by atoms with van der Waals surface area (Å²) in [7, 11) is 4.07. The Kier molecular flexibility index (Phi) is 9.91. The zero-order valence-electron chi connectivity index (χ0n) is 19.0. The fourth-order valence-corrected chi connectivity index (χ4v) is 4.28. The van der Waals surface area contributed by atoms with Crippen LogP contribution >= 0.6 is 23.2 Å². The van der Waals surface area contributed by atoms with Gasteiger partial charge in [0, 0.05) is 38.5 Å². The Morgan fingerprint density at radius 3 is 2.55 bits per heavy atom. The first-order valence-corrected chi connectivity index (χ1v) is 11.6. The summed E-state index contributed by atoms with van der Waals surface area (Å²) in [6, 6.07) is 5.24. The van der Waals surface area contributed by atoms with E-state index in [9.17, 15) is 9.59 Å². The lowest BCUT2D eigenvalue weighted by molar-refractivity contribution is -0.135. The van der Waals surface area contributed by atoms with Gasteiger partial charge in [-0.2, -0.15) is 0 Å². The number of hydrogen-bond donors (Lipinski definition) is 1. The number of carbonyl (C=O) groups is 2. The molecule has 1 saturated heterocycles. The largest absolute Gasteiger partial charge is 0.492 e. The molecule has 0 spiro atoms. The number of ether oxygens (including phenoxy) is 1. The summed E-state index contributed by atoms with van der Waals surface area (Å²) in [5.74, 6) is 0.715. The second-order valence-corrected chi connectivity index (χ2v) is 10.1. The van der Waals surface area contributed by atoms with Gasteiger partial charge in [0.2, 0.25) is 11.8 Å². The minimum Gasteiger partial charge on any atom is -0.492 e. The summed E-state index contributed by atoms with van der Waals surface area (Å²) in [5, 5.41) is 3.94. The van der Waals surface area contributed by atoms with E-state index in [2.05, 4.69) is 24.1 Å². The third-order valence-electron chi connectivity index (χ3n) is 5.41. The van der Waals surface area contributed by atoms with Gasteiger partial charge in [0.05, 0.1) is 11.6 Å². The van der Waals surface area contributed by atoms with Gasteiger partial charge in [0.25, 0.3) is 0 Å². The standard InChI is InChI=1S/C23H35Cl2N3O3/c1-23(2,16-27(3)4)15-26-22(30)17-10-12-28(13-11-17)20(29)9-6-14-31-19-8-5-7-18(24)21(19)25/h5,7-8,17H,6,9-16H2,1-4H3,(H,26,30). The Morgan fingerprint density at radius 2 is 1.90 bits per heavy atom. The Balaban J connectivity index is 1.66. The van der Waals surface area contributed by atoms with Crippen LogP contribution in [-0.2, 0) is 9.59 Å². The summed E-state index contributed by atoms with van der Waals surface area (Å²) in [6.07, 6.45) is 2.43. The highest BCUT2D eigenvalue weighted by atomic mass is 35.5. The normalized spacial score (nSPS) is 15.3. The second kappa shape index (κ2) is 11.9. The van der Waals surface area contributed by atoms with Gasteiger partial charge in [0.1, 0.15) is 10.8 Å². The Bertz CT molecular complexity index is 748. The first-order chi connectivity index (χ1) is 14.6. The molecule has 0 radical (unpaired) electrons. The zero-order chi connectivity index (χ0) is 23.0. The molecule has 1 aromatic rings. The van der Waals surface area contributed by atoms with E-state index in [4.69, 9.17) is 27.9 Å². The molecular weight excluding hydrogens is 437 g/mol. The average Bonchev–Trinajstić information content (AvgIpc) is 2.71. The third-order valence-corrected chi connectivity index (χ3v) is 6.21. The Labute approximate surface area is 196 Å². The van der Waals surface area contributed by atoms with E-state index in [1.54, 1.807) is 18.2 Å². The smallest absolute Gasteiger partial charge is 0.223 e. The molecule has 1 aromatic carbocycles. The first kappa shape index (κ1) is 25.8. The van der Waals surface area contributed by atoms with Crippen LogP contribution in [0.1, 0.15) is 39.5 Å². The van der Waals surface area contributed by atoms with Gasteiger partial charge < -0.3 is 19.9 Å². The predicted molar refractivity (Wildman–Crippen MR) is 126 cm³/mol. The lowest BCUT2D eigenvalue weighted by atomic mass is 9.91. The molecule has 1 aliphatic rings. The van der Waals surface area contributed by atoms with Crippen molar-refractivity contribution in [2.75, 3.05) is 46.9 Å². The minimum atomic E-state index is -0.0208. The summed E-state index contributed by atoms with van der Waals surface area (Å²) < 4.78 is 5.64. The van der Waals surface area contributed by atoms with Crippen LogP contribution in [-0.4, -0.2) is 68.5 Å². The molecule has 2 rings (SSSR count). The molecule has 31 heavy (non-hydrogen) atoms. The number of nitrogens with zero attached hydrogens (tertiary/aromatic N) is 2. The van der Waals surface area contributed by atoms with Gasteiger partial charge in [-0.3, -0.25) is 9.59 Å². The number of amides is 2. The van der Waals surface area contributed by atoms with Crippen LogP contribution in [0.4, 0.5) is 0 Å². The topological polar surface area (TPSA) is 61.9 Å². The van der Waals surface area contributed by atoms with Crippen molar-refractivity contribution in [2.45, 2.75) is 39.5 Å². The molecule has 0 atom stereocenters. The molecule has 0 aliphatic carbocycles. The average molecular weight is 472 g/mol. The number of halogens is 2. The van der Waals surface area contributed by atoms with E-state index in [1.165, 1.54) is 0 Å². The maximum absolute atomic E-state index is 12.5. The zero-order valence-corrected chi connectivity index (χ0v) is 20.6. The van der Waals surface area contributed by atoms with Crippen molar-refractivity contribution in [3.63, 3.8) is 0 Å². The molecule has 8 heteroatoms. The highest BCUT2D eigenvalue weighted by Gasteiger charge is 2.28. The van der Waals surface area contributed by atoms with Crippen LogP contribution in [0.5, 0.6) is 5.75 Å². The molecule has 1 fully saturated rings. The van der Waals surface area contributed by atoms with E-state index >= 15 is 0 Å². The molecule has 0 saturated carbocycles. The molecule has 1 N–H and O–H groups in total. The number of benzene rings is 1. The fourth-order valence-electron chi connectivity index (χ4n) is 3.93.